The Morgan fingerprint density at radius 1 is 1.46 bits per heavy atom. The summed E-state index contributed by atoms with van der Waals surface area (Å²) in [5, 5.41) is 17.0. The Morgan fingerprint density at radius 3 is 2.62 bits per heavy atom. The molecular weight excluding hydrogens is 336 g/mol. The van der Waals surface area contributed by atoms with Crippen LogP contribution < -0.4 is 5.73 Å². The van der Waals surface area contributed by atoms with Crippen molar-refractivity contribution in [2.45, 2.75) is 12.6 Å². The van der Waals surface area contributed by atoms with E-state index in [1.165, 1.54) is 18.4 Å². The zero-order valence-electron chi connectivity index (χ0n) is 13.7. The topological polar surface area (TPSA) is 137 Å². The smallest absolute Gasteiger partial charge is 0.290 e. The van der Waals surface area contributed by atoms with Gasteiger partial charge in [0.1, 0.15) is 5.82 Å². The van der Waals surface area contributed by atoms with E-state index < -0.39 is 16.1 Å². The lowest BCUT2D eigenvalue weighted by Gasteiger charge is -2.18. The van der Waals surface area contributed by atoms with Crippen LogP contribution in [0.1, 0.15) is 5.56 Å². The Labute approximate surface area is 141 Å². The number of sulfonamides is 1. The van der Waals surface area contributed by atoms with E-state index in [4.69, 9.17) is 15.6 Å². The fourth-order valence-electron chi connectivity index (χ4n) is 2.48. The van der Waals surface area contributed by atoms with Gasteiger partial charge in [0.15, 0.2) is 0 Å². The number of pyridine rings is 1. The fraction of sp³-hybridized carbons (Fsp3) is 0.571. The highest BCUT2D eigenvalue weighted by molar-refractivity contribution is 7.89. The van der Waals surface area contributed by atoms with Crippen molar-refractivity contribution in [1.29, 1.82) is 0 Å². The number of nitrogen functional groups attached to an aromatic ring is 1. The normalized spacial score (nSPS) is 21.3. The summed E-state index contributed by atoms with van der Waals surface area (Å²) < 4.78 is 25.0. The van der Waals surface area contributed by atoms with E-state index in [0.717, 1.165) is 5.56 Å². The van der Waals surface area contributed by atoms with Gasteiger partial charge >= 0.3 is 0 Å². The highest BCUT2D eigenvalue weighted by Crippen LogP contribution is 2.22. The quantitative estimate of drug-likeness (QED) is 0.572. The van der Waals surface area contributed by atoms with Crippen LogP contribution in [0, 0.1) is 5.92 Å². The van der Waals surface area contributed by atoms with Crippen LogP contribution in [0.4, 0.5) is 5.82 Å². The van der Waals surface area contributed by atoms with Crippen LogP contribution in [0.15, 0.2) is 18.3 Å². The van der Waals surface area contributed by atoms with Gasteiger partial charge in [-0.2, -0.15) is 0 Å². The zero-order chi connectivity index (χ0) is 18.3. The summed E-state index contributed by atoms with van der Waals surface area (Å²) in [6.07, 6.45) is 0.988. The minimum Gasteiger partial charge on any atom is -0.483 e. The molecule has 0 unspecified atom stereocenters. The minimum absolute atomic E-state index is 0.0415. The molecule has 9 nitrogen and oxygen atoms in total. The number of nitrogens with zero attached hydrogens (tertiary/aromatic N) is 3. The van der Waals surface area contributed by atoms with Gasteiger partial charge in [-0.1, -0.05) is 6.07 Å². The van der Waals surface area contributed by atoms with Gasteiger partial charge in [-0.25, -0.2) is 17.7 Å². The molecule has 0 saturated carbocycles. The zero-order valence-corrected chi connectivity index (χ0v) is 14.6. The molecule has 0 amide bonds. The maximum absolute atomic E-state index is 11.9. The van der Waals surface area contributed by atoms with Crippen molar-refractivity contribution < 1.29 is 23.4 Å². The highest BCUT2D eigenvalue weighted by atomic mass is 32.2. The van der Waals surface area contributed by atoms with Gasteiger partial charge in [0.25, 0.3) is 6.47 Å². The Kier molecular flexibility index (Phi) is 7.55. The minimum atomic E-state index is -3.31. The molecule has 2 rings (SSSR count). The summed E-state index contributed by atoms with van der Waals surface area (Å²) in [6, 6.07) is 3.70. The van der Waals surface area contributed by atoms with Crippen LogP contribution in [0.5, 0.6) is 0 Å². The molecule has 0 aromatic carbocycles. The molecule has 1 aliphatic rings. The van der Waals surface area contributed by atoms with E-state index in [1.807, 2.05) is 17.0 Å². The number of aromatic nitrogens is 1. The molecule has 0 bridgehead atoms. The first kappa shape index (κ1) is 20.3. The molecule has 2 heterocycles. The summed E-state index contributed by atoms with van der Waals surface area (Å²) in [5.74, 6) is 0.145. The van der Waals surface area contributed by atoms with E-state index >= 15 is 0 Å². The molecule has 1 aromatic heterocycles. The Balaban J connectivity index is 0.000000891. The van der Waals surface area contributed by atoms with Gasteiger partial charge in [0, 0.05) is 51.4 Å². The number of hydrogen-bond donors (Lipinski definition) is 3. The number of hydrogen-bond acceptors (Lipinski definition) is 7. The Hall–Kier alpha value is -1.75. The van der Waals surface area contributed by atoms with Crippen molar-refractivity contribution in [3.8, 4) is 0 Å². The van der Waals surface area contributed by atoms with Crippen LogP contribution in [0.3, 0.4) is 0 Å². The lowest BCUT2D eigenvalue weighted by molar-refractivity contribution is -0.122. The lowest BCUT2D eigenvalue weighted by Crippen LogP contribution is -2.33. The maximum Gasteiger partial charge on any atom is 0.290 e. The van der Waals surface area contributed by atoms with E-state index in [9.17, 15) is 13.5 Å². The van der Waals surface area contributed by atoms with Gasteiger partial charge in [0.2, 0.25) is 10.0 Å². The first-order valence-electron chi connectivity index (χ1n) is 7.29. The molecular formula is C14H24N4O5S. The summed E-state index contributed by atoms with van der Waals surface area (Å²) in [6.45, 7) is 1.29. The number of likely N-dealkylation sites (tertiary alicyclic amines) is 1. The van der Waals surface area contributed by atoms with Crippen LogP contribution in [0.25, 0.3) is 0 Å². The van der Waals surface area contributed by atoms with Gasteiger partial charge < -0.3 is 15.9 Å². The average Bonchev–Trinajstić information content (AvgIpc) is 2.81. The van der Waals surface area contributed by atoms with E-state index in [2.05, 4.69) is 4.98 Å². The molecule has 0 spiro atoms. The molecule has 1 aliphatic heterocycles. The molecule has 0 radical (unpaired) electrons. The van der Waals surface area contributed by atoms with Crippen molar-refractivity contribution in [1.82, 2.24) is 14.2 Å². The predicted molar refractivity (Wildman–Crippen MR) is 89.6 cm³/mol. The van der Waals surface area contributed by atoms with E-state index in [-0.39, 0.29) is 18.1 Å². The Morgan fingerprint density at radius 2 is 2.08 bits per heavy atom. The van der Waals surface area contributed by atoms with Crippen LogP contribution >= 0.6 is 0 Å². The first-order chi connectivity index (χ1) is 11.2. The third-order valence-electron chi connectivity index (χ3n) is 3.78. The fourth-order valence-corrected chi connectivity index (χ4v) is 3.65. The van der Waals surface area contributed by atoms with Crippen molar-refractivity contribution in [3.05, 3.63) is 23.9 Å². The van der Waals surface area contributed by atoms with Crippen LogP contribution in [-0.4, -0.2) is 78.3 Å². The summed E-state index contributed by atoms with van der Waals surface area (Å²) >= 11 is 0. The average molecular weight is 360 g/mol. The molecule has 1 fully saturated rings. The van der Waals surface area contributed by atoms with Crippen molar-refractivity contribution in [3.63, 3.8) is 0 Å². The molecule has 0 aliphatic carbocycles. The number of rotatable bonds is 5. The lowest BCUT2D eigenvalue weighted by atomic mass is 10.1. The third kappa shape index (κ3) is 5.71. The SMILES string of the molecule is CN(C)S(=O)(=O)C[C@@H]1CN(Cc2cccnc2N)C[C@H]1O.O=CO. The number of aliphatic hydroxyl groups excluding tert-OH is 1. The van der Waals surface area contributed by atoms with Crippen molar-refractivity contribution >= 4 is 22.3 Å². The van der Waals surface area contributed by atoms with Gasteiger partial charge in [-0.15, -0.1) is 0 Å². The van der Waals surface area contributed by atoms with Gasteiger partial charge in [-0.05, 0) is 6.07 Å². The first-order valence-corrected chi connectivity index (χ1v) is 8.90. The molecule has 136 valence electrons. The molecule has 24 heavy (non-hydrogen) atoms. The number of carbonyl (C=O) groups is 1. The largest absolute Gasteiger partial charge is 0.483 e. The number of β-amino-alcohol motifs (C(OH)–C–C–N with tert-alkyl or cyclic N) is 1. The van der Waals surface area contributed by atoms with Crippen molar-refractivity contribution in [2.24, 2.45) is 5.92 Å². The highest BCUT2D eigenvalue weighted by Gasteiger charge is 2.35. The third-order valence-corrected chi connectivity index (χ3v) is 5.75. The van der Waals surface area contributed by atoms with Gasteiger partial charge in [0.05, 0.1) is 11.9 Å². The maximum atomic E-state index is 11.9. The second kappa shape index (κ2) is 8.92. The molecule has 4 N–H and O–H groups in total. The van der Waals surface area contributed by atoms with Crippen LogP contribution in [0.2, 0.25) is 0 Å². The number of carboxylic acid groups (broad SMARTS) is 1. The van der Waals surface area contributed by atoms with Crippen LogP contribution in [-0.2, 0) is 21.4 Å². The summed E-state index contributed by atoms with van der Waals surface area (Å²) in [5.41, 5.74) is 6.70. The van der Waals surface area contributed by atoms with Gasteiger partial charge in [-0.3, -0.25) is 9.69 Å². The Bertz CT molecular complexity index is 638. The molecule has 10 heteroatoms. The second-order valence-corrected chi connectivity index (χ2v) is 7.96. The molecule has 1 aromatic rings. The second-order valence-electron chi connectivity index (χ2n) is 5.74. The summed E-state index contributed by atoms with van der Waals surface area (Å²) in [4.78, 5) is 14.4. The van der Waals surface area contributed by atoms with E-state index in [0.29, 0.717) is 25.5 Å². The number of nitrogens with two attached hydrogens (primary N) is 1. The number of anilines is 1. The summed E-state index contributed by atoms with van der Waals surface area (Å²) in [7, 11) is -0.300. The monoisotopic (exact) mass is 360 g/mol. The molecule has 1 saturated heterocycles. The molecule has 2 atom stereocenters. The number of aliphatic hydroxyl groups is 1. The van der Waals surface area contributed by atoms with E-state index in [1.54, 1.807) is 6.20 Å². The van der Waals surface area contributed by atoms with Crippen molar-refractivity contribution in [2.75, 3.05) is 38.7 Å². The predicted octanol–water partition coefficient (Wildman–Crippen LogP) is -0.951. The standard InChI is InChI=1S/C13H22N4O3S.CH2O2/c1-16(2)21(19,20)9-11-7-17(8-12(11)18)6-10-4-3-5-15-13(10)14;2-1-3/h3-5,11-12,18H,6-9H2,1-2H3,(H2,14,15);1H,(H,2,3)/t11-,12+;/m0./s1.